The molecule has 0 amide bonds. The Kier molecular flexibility index (Phi) is 4.81. The summed E-state index contributed by atoms with van der Waals surface area (Å²) in [6.07, 6.45) is 2.29. The van der Waals surface area contributed by atoms with E-state index in [1.54, 1.807) is 0 Å². The van der Waals surface area contributed by atoms with Gasteiger partial charge in [0.05, 0.1) is 6.61 Å². The van der Waals surface area contributed by atoms with Gasteiger partial charge in [0.1, 0.15) is 5.75 Å². The van der Waals surface area contributed by atoms with Crippen LogP contribution in [-0.4, -0.2) is 25.5 Å². The van der Waals surface area contributed by atoms with Crippen molar-refractivity contribution in [2.75, 3.05) is 19.7 Å². The van der Waals surface area contributed by atoms with Gasteiger partial charge < -0.3 is 10.1 Å². The summed E-state index contributed by atoms with van der Waals surface area (Å²) in [6, 6.07) is 7.52. The number of nitrogens with one attached hydrogen (secondary N) is 1. The second-order valence-electron chi connectivity index (χ2n) is 6.05. The summed E-state index contributed by atoms with van der Waals surface area (Å²) in [7, 11) is 0. The molecule has 110 valence electrons. The standard InChI is InChI=1S/C17H25NO2/c1-4-20-15-9-7-13(8-10-15)16(19)17(2,3)14-6-5-11-18-12-14/h7-10,14,18H,4-6,11-12H2,1-3H3. The highest BCUT2D eigenvalue weighted by Gasteiger charge is 2.37. The average molecular weight is 275 g/mol. The van der Waals surface area contributed by atoms with Crippen molar-refractivity contribution >= 4 is 5.78 Å². The zero-order valence-corrected chi connectivity index (χ0v) is 12.7. The Morgan fingerprint density at radius 2 is 2.05 bits per heavy atom. The summed E-state index contributed by atoms with van der Waals surface area (Å²) in [5, 5.41) is 3.40. The van der Waals surface area contributed by atoms with Crippen molar-refractivity contribution < 1.29 is 9.53 Å². The Hall–Kier alpha value is -1.35. The maximum absolute atomic E-state index is 12.8. The molecule has 1 N–H and O–H groups in total. The van der Waals surface area contributed by atoms with E-state index in [0.717, 1.165) is 37.2 Å². The van der Waals surface area contributed by atoms with Gasteiger partial charge in [0.2, 0.25) is 0 Å². The first-order valence-electron chi connectivity index (χ1n) is 7.54. The minimum absolute atomic E-state index is 0.231. The summed E-state index contributed by atoms with van der Waals surface area (Å²) < 4.78 is 5.42. The Bertz CT molecular complexity index is 445. The number of ketones is 1. The van der Waals surface area contributed by atoms with Crippen LogP contribution in [0, 0.1) is 11.3 Å². The summed E-state index contributed by atoms with van der Waals surface area (Å²) in [4.78, 5) is 12.8. The van der Waals surface area contributed by atoms with Gasteiger partial charge in [0.25, 0.3) is 0 Å². The highest BCUT2D eigenvalue weighted by atomic mass is 16.5. The molecule has 3 heteroatoms. The number of carbonyl (C=O) groups is 1. The van der Waals surface area contributed by atoms with Gasteiger partial charge in [0, 0.05) is 11.0 Å². The Labute approximate surface area is 121 Å². The SMILES string of the molecule is CCOc1ccc(C(=O)C(C)(C)C2CCCNC2)cc1. The van der Waals surface area contributed by atoms with Gasteiger partial charge in [0.15, 0.2) is 5.78 Å². The lowest BCUT2D eigenvalue weighted by atomic mass is 9.70. The molecule has 2 rings (SSSR count). The number of rotatable bonds is 5. The third-order valence-corrected chi connectivity index (χ3v) is 4.33. The molecule has 1 aliphatic rings. The molecule has 1 aromatic rings. The summed E-state index contributed by atoms with van der Waals surface area (Å²) in [5.74, 6) is 1.46. The first kappa shape index (κ1) is 15.0. The molecular weight excluding hydrogens is 250 g/mol. The van der Waals surface area contributed by atoms with Crippen molar-refractivity contribution in [3.63, 3.8) is 0 Å². The molecule has 0 aromatic heterocycles. The van der Waals surface area contributed by atoms with Crippen molar-refractivity contribution in [1.82, 2.24) is 5.32 Å². The zero-order valence-electron chi connectivity index (χ0n) is 12.7. The van der Waals surface area contributed by atoms with E-state index in [1.807, 2.05) is 31.2 Å². The summed E-state index contributed by atoms with van der Waals surface area (Å²) in [5.41, 5.74) is 0.463. The highest BCUT2D eigenvalue weighted by molar-refractivity contribution is 6.00. The van der Waals surface area contributed by atoms with Crippen LogP contribution in [0.15, 0.2) is 24.3 Å². The topological polar surface area (TPSA) is 38.3 Å². The molecule has 1 heterocycles. The average Bonchev–Trinajstić information content (AvgIpc) is 2.48. The van der Waals surface area contributed by atoms with Crippen LogP contribution in [0.25, 0.3) is 0 Å². The minimum atomic E-state index is -0.319. The molecule has 1 fully saturated rings. The van der Waals surface area contributed by atoms with E-state index in [-0.39, 0.29) is 11.2 Å². The van der Waals surface area contributed by atoms with Crippen LogP contribution in [0.2, 0.25) is 0 Å². The van der Waals surface area contributed by atoms with Crippen molar-refractivity contribution in [2.24, 2.45) is 11.3 Å². The van der Waals surface area contributed by atoms with E-state index >= 15 is 0 Å². The van der Waals surface area contributed by atoms with Crippen molar-refractivity contribution in [3.05, 3.63) is 29.8 Å². The smallest absolute Gasteiger partial charge is 0.168 e. The van der Waals surface area contributed by atoms with E-state index in [0.29, 0.717) is 12.5 Å². The number of Topliss-reactive ketones (excluding diaryl/α,β-unsaturated/α-hetero) is 1. The van der Waals surface area contributed by atoms with Gasteiger partial charge in [-0.2, -0.15) is 0 Å². The number of benzene rings is 1. The predicted molar refractivity (Wildman–Crippen MR) is 81.3 cm³/mol. The van der Waals surface area contributed by atoms with Crippen LogP contribution < -0.4 is 10.1 Å². The molecule has 0 spiro atoms. The van der Waals surface area contributed by atoms with Crippen molar-refractivity contribution in [2.45, 2.75) is 33.6 Å². The molecule has 1 unspecified atom stereocenters. The Morgan fingerprint density at radius 3 is 2.60 bits per heavy atom. The quantitative estimate of drug-likeness (QED) is 0.838. The summed E-state index contributed by atoms with van der Waals surface area (Å²) >= 11 is 0. The zero-order chi connectivity index (χ0) is 14.6. The molecule has 1 atom stereocenters. The maximum atomic E-state index is 12.8. The number of hydrogen-bond acceptors (Lipinski definition) is 3. The Morgan fingerprint density at radius 1 is 1.35 bits per heavy atom. The van der Waals surface area contributed by atoms with Gasteiger partial charge in [-0.1, -0.05) is 13.8 Å². The van der Waals surface area contributed by atoms with E-state index < -0.39 is 0 Å². The third-order valence-electron chi connectivity index (χ3n) is 4.33. The number of piperidine rings is 1. The van der Waals surface area contributed by atoms with E-state index in [4.69, 9.17) is 4.74 Å². The molecule has 1 saturated heterocycles. The Balaban J connectivity index is 2.12. The van der Waals surface area contributed by atoms with Gasteiger partial charge in [-0.15, -0.1) is 0 Å². The van der Waals surface area contributed by atoms with Gasteiger partial charge in [-0.25, -0.2) is 0 Å². The first-order chi connectivity index (χ1) is 9.55. The van der Waals surface area contributed by atoms with Crippen LogP contribution in [-0.2, 0) is 0 Å². The fourth-order valence-electron chi connectivity index (χ4n) is 2.89. The molecule has 1 aliphatic heterocycles. The summed E-state index contributed by atoms with van der Waals surface area (Å²) in [6.45, 7) is 8.76. The highest BCUT2D eigenvalue weighted by Crippen LogP contribution is 2.35. The predicted octanol–water partition coefficient (Wildman–Crippen LogP) is 3.29. The van der Waals surface area contributed by atoms with Gasteiger partial charge in [-0.3, -0.25) is 4.79 Å². The minimum Gasteiger partial charge on any atom is -0.494 e. The first-order valence-corrected chi connectivity index (χ1v) is 7.54. The largest absolute Gasteiger partial charge is 0.494 e. The lowest BCUT2D eigenvalue weighted by molar-refractivity contribution is 0.0708. The van der Waals surface area contributed by atoms with Gasteiger partial charge in [-0.05, 0) is 63.0 Å². The van der Waals surface area contributed by atoms with E-state index in [1.165, 1.54) is 0 Å². The van der Waals surface area contributed by atoms with Crippen LogP contribution in [0.5, 0.6) is 5.75 Å². The molecule has 20 heavy (non-hydrogen) atoms. The number of hydrogen-bond donors (Lipinski definition) is 1. The second kappa shape index (κ2) is 6.40. The van der Waals surface area contributed by atoms with Crippen molar-refractivity contribution in [1.29, 1.82) is 0 Å². The number of ether oxygens (including phenoxy) is 1. The van der Waals surface area contributed by atoms with E-state index in [2.05, 4.69) is 19.2 Å². The van der Waals surface area contributed by atoms with Crippen LogP contribution in [0.4, 0.5) is 0 Å². The molecular formula is C17H25NO2. The van der Waals surface area contributed by atoms with Crippen LogP contribution >= 0.6 is 0 Å². The van der Waals surface area contributed by atoms with Crippen LogP contribution in [0.3, 0.4) is 0 Å². The van der Waals surface area contributed by atoms with E-state index in [9.17, 15) is 4.79 Å². The fourth-order valence-corrected chi connectivity index (χ4v) is 2.89. The third kappa shape index (κ3) is 3.21. The molecule has 3 nitrogen and oxygen atoms in total. The second-order valence-corrected chi connectivity index (χ2v) is 6.05. The fraction of sp³-hybridized carbons (Fsp3) is 0.588. The van der Waals surface area contributed by atoms with Gasteiger partial charge >= 0.3 is 0 Å². The van der Waals surface area contributed by atoms with Crippen LogP contribution in [0.1, 0.15) is 44.0 Å². The molecule has 1 aromatic carbocycles. The normalized spacial score (nSPS) is 19.6. The molecule has 0 radical (unpaired) electrons. The van der Waals surface area contributed by atoms with Crippen molar-refractivity contribution in [3.8, 4) is 5.75 Å². The monoisotopic (exact) mass is 275 g/mol. The molecule has 0 saturated carbocycles. The molecule has 0 bridgehead atoms. The lowest BCUT2D eigenvalue weighted by Crippen LogP contribution is -2.42. The maximum Gasteiger partial charge on any atom is 0.168 e. The lowest BCUT2D eigenvalue weighted by Gasteiger charge is -2.36. The number of carbonyl (C=O) groups excluding carboxylic acids is 1. The molecule has 0 aliphatic carbocycles.